The summed E-state index contributed by atoms with van der Waals surface area (Å²) in [7, 11) is 0. The maximum atomic E-state index is 12.1. The second-order valence-electron chi connectivity index (χ2n) is 5.69. The molecule has 0 saturated heterocycles. The van der Waals surface area contributed by atoms with Gasteiger partial charge in [0.25, 0.3) is 11.8 Å². The van der Waals surface area contributed by atoms with E-state index in [-0.39, 0.29) is 30.9 Å². The standard InChI is InChI=1S/C16H19N5O4/c1-10(2)18-16(25)12-5-3-11(4-6-12)15(24)17-7-13-8-21(20-19-13)9-14(22)23/h3-6,8,10H,7,9H2,1-2H3,(H,17,24)(H,18,25)(H,22,23). The molecule has 25 heavy (non-hydrogen) atoms. The summed E-state index contributed by atoms with van der Waals surface area (Å²) in [6.45, 7) is 3.56. The van der Waals surface area contributed by atoms with Crippen molar-refractivity contribution in [1.82, 2.24) is 25.6 Å². The molecular weight excluding hydrogens is 326 g/mol. The van der Waals surface area contributed by atoms with Gasteiger partial charge < -0.3 is 15.7 Å². The van der Waals surface area contributed by atoms with Crippen LogP contribution >= 0.6 is 0 Å². The number of aliphatic carboxylic acids is 1. The molecule has 0 fully saturated rings. The first kappa shape index (κ1) is 18.1. The number of amides is 2. The minimum atomic E-state index is -1.03. The Kier molecular flexibility index (Phi) is 5.83. The molecule has 2 amide bonds. The van der Waals surface area contributed by atoms with Crippen LogP contribution < -0.4 is 10.6 Å². The van der Waals surface area contributed by atoms with E-state index in [4.69, 9.17) is 5.11 Å². The topological polar surface area (TPSA) is 126 Å². The van der Waals surface area contributed by atoms with Gasteiger partial charge in [0.15, 0.2) is 0 Å². The number of nitrogens with one attached hydrogen (secondary N) is 2. The number of nitrogens with zero attached hydrogens (tertiary/aromatic N) is 3. The van der Waals surface area contributed by atoms with E-state index in [9.17, 15) is 14.4 Å². The van der Waals surface area contributed by atoms with Crippen LogP contribution in [0.1, 0.15) is 40.3 Å². The molecule has 9 heteroatoms. The molecule has 1 heterocycles. The van der Waals surface area contributed by atoms with Crippen LogP contribution in [0.5, 0.6) is 0 Å². The molecule has 0 atom stereocenters. The van der Waals surface area contributed by atoms with E-state index < -0.39 is 5.97 Å². The van der Waals surface area contributed by atoms with Crippen molar-refractivity contribution in [1.29, 1.82) is 0 Å². The summed E-state index contributed by atoms with van der Waals surface area (Å²) in [6, 6.07) is 6.31. The summed E-state index contributed by atoms with van der Waals surface area (Å²) < 4.78 is 1.17. The van der Waals surface area contributed by atoms with E-state index >= 15 is 0 Å². The van der Waals surface area contributed by atoms with Gasteiger partial charge in [0.1, 0.15) is 12.2 Å². The van der Waals surface area contributed by atoms with Crippen LogP contribution in [0.4, 0.5) is 0 Å². The first-order chi connectivity index (χ1) is 11.8. The summed E-state index contributed by atoms with van der Waals surface area (Å²) in [6.07, 6.45) is 1.45. The Hall–Kier alpha value is -3.23. The lowest BCUT2D eigenvalue weighted by atomic mass is 10.1. The highest BCUT2D eigenvalue weighted by molar-refractivity contribution is 5.97. The van der Waals surface area contributed by atoms with Crippen molar-refractivity contribution in [3.63, 3.8) is 0 Å². The highest BCUT2D eigenvalue weighted by Crippen LogP contribution is 2.05. The van der Waals surface area contributed by atoms with Crippen LogP contribution in [0.25, 0.3) is 0 Å². The van der Waals surface area contributed by atoms with Gasteiger partial charge in [-0.3, -0.25) is 14.4 Å². The van der Waals surface area contributed by atoms with E-state index in [0.29, 0.717) is 16.8 Å². The number of carboxylic acids is 1. The molecular formula is C16H19N5O4. The number of carboxylic acid groups (broad SMARTS) is 1. The van der Waals surface area contributed by atoms with Gasteiger partial charge in [-0.05, 0) is 38.1 Å². The molecule has 0 aliphatic carbocycles. The zero-order valence-corrected chi connectivity index (χ0v) is 13.9. The molecule has 2 rings (SSSR count). The van der Waals surface area contributed by atoms with Crippen molar-refractivity contribution in [3.8, 4) is 0 Å². The fourth-order valence-corrected chi connectivity index (χ4v) is 2.03. The summed E-state index contributed by atoms with van der Waals surface area (Å²) in [5.41, 5.74) is 1.32. The van der Waals surface area contributed by atoms with E-state index in [1.54, 1.807) is 24.3 Å². The maximum absolute atomic E-state index is 12.1. The smallest absolute Gasteiger partial charge is 0.325 e. The average molecular weight is 345 g/mol. The van der Waals surface area contributed by atoms with Gasteiger partial charge in [0, 0.05) is 17.2 Å². The molecule has 0 bridgehead atoms. The first-order valence-electron chi connectivity index (χ1n) is 7.65. The number of rotatable bonds is 7. The number of carbonyl (C=O) groups is 3. The minimum Gasteiger partial charge on any atom is -0.480 e. The maximum Gasteiger partial charge on any atom is 0.325 e. The molecule has 0 unspecified atom stereocenters. The predicted octanol–water partition coefficient (Wildman–Crippen LogP) is 0.431. The molecule has 1 aromatic heterocycles. The lowest BCUT2D eigenvalue weighted by Crippen LogP contribution is -2.30. The summed E-state index contributed by atoms with van der Waals surface area (Å²) >= 11 is 0. The number of carbonyl (C=O) groups excluding carboxylic acids is 2. The Balaban J connectivity index is 1.91. The molecule has 9 nitrogen and oxygen atoms in total. The SMILES string of the molecule is CC(C)NC(=O)c1ccc(C(=O)NCc2cn(CC(=O)O)nn2)cc1. The van der Waals surface area contributed by atoms with Gasteiger partial charge in [-0.15, -0.1) is 5.10 Å². The first-order valence-corrected chi connectivity index (χ1v) is 7.65. The Morgan fingerprint density at radius 3 is 2.28 bits per heavy atom. The Bertz CT molecular complexity index is 767. The van der Waals surface area contributed by atoms with Crippen LogP contribution in [0.3, 0.4) is 0 Å². The van der Waals surface area contributed by atoms with Crippen LogP contribution in [0.2, 0.25) is 0 Å². The quantitative estimate of drug-likeness (QED) is 0.668. The lowest BCUT2D eigenvalue weighted by Gasteiger charge is -2.09. The molecule has 2 aromatic rings. The third-order valence-corrected chi connectivity index (χ3v) is 3.14. The van der Waals surface area contributed by atoms with Crippen molar-refractivity contribution in [2.45, 2.75) is 33.0 Å². The van der Waals surface area contributed by atoms with Crippen molar-refractivity contribution < 1.29 is 19.5 Å². The molecule has 1 aromatic carbocycles. The van der Waals surface area contributed by atoms with E-state index in [0.717, 1.165) is 0 Å². The van der Waals surface area contributed by atoms with Gasteiger partial charge >= 0.3 is 5.97 Å². The van der Waals surface area contributed by atoms with Crippen LogP contribution in [-0.2, 0) is 17.9 Å². The van der Waals surface area contributed by atoms with Crippen LogP contribution in [0.15, 0.2) is 30.5 Å². The summed E-state index contributed by atoms with van der Waals surface area (Å²) in [4.78, 5) is 34.5. The number of hydrogen-bond donors (Lipinski definition) is 3. The van der Waals surface area contributed by atoms with Gasteiger partial charge in [-0.2, -0.15) is 0 Å². The zero-order chi connectivity index (χ0) is 18.4. The normalized spacial score (nSPS) is 10.5. The van der Waals surface area contributed by atoms with Crippen molar-refractivity contribution in [2.75, 3.05) is 0 Å². The molecule has 0 saturated carbocycles. The average Bonchev–Trinajstić information content (AvgIpc) is 2.98. The molecule has 3 N–H and O–H groups in total. The van der Waals surface area contributed by atoms with Gasteiger partial charge in [0.05, 0.1) is 12.7 Å². The van der Waals surface area contributed by atoms with Crippen molar-refractivity contribution in [3.05, 3.63) is 47.3 Å². The third kappa shape index (κ3) is 5.41. The Labute approximate surface area is 144 Å². The fraction of sp³-hybridized carbons (Fsp3) is 0.312. The predicted molar refractivity (Wildman–Crippen MR) is 87.9 cm³/mol. The highest BCUT2D eigenvalue weighted by Gasteiger charge is 2.11. The zero-order valence-electron chi connectivity index (χ0n) is 13.9. The highest BCUT2D eigenvalue weighted by atomic mass is 16.4. The fourth-order valence-electron chi connectivity index (χ4n) is 2.03. The van der Waals surface area contributed by atoms with Crippen LogP contribution in [-0.4, -0.2) is 43.9 Å². The molecule has 0 aliphatic heterocycles. The van der Waals surface area contributed by atoms with Crippen molar-refractivity contribution in [2.24, 2.45) is 0 Å². The number of aromatic nitrogens is 3. The van der Waals surface area contributed by atoms with E-state index in [2.05, 4.69) is 20.9 Å². The number of benzene rings is 1. The largest absolute Gasteiger partial charge is 0.480 e. The Morgan fingerprint density at radius 2 is 1.72 bits per heavy atom. The third-order valence-electron chi connectivity index (χ3n) is 3.14. The molecule has 132 valence electrons. The summed E-state index contributed by atoms with van der Waals surface area (Å²) in [5.74, 6) is -1.55. The van der Waals surface area contributed by atoms with Crippen LogP contribution in [0, 0.1) is 0 Å². The van der Waals surface area contributed by atoms with E-state index in [1.165, 1.54) is 10.9 Å². The van der Waals surface area contributed by atoms with Gasteiger partial charge in [-0.25, -0.2) is 4.68 Å². The van der Waals surface area contributed by atoms with Gasteiger partial charge in [-0.1, -0.05) is 5.21 Å². The molecule has 0 radical (unpaired) electrons. The molecule has 0 spiro atoms. The second-order valence-corrected chi connectivity index (χ2v) is 5.69. The monoisotopic (exact) mass is 345 g/mol. The summed E-state index contributed by atoms with van der Waals surface area (Å²) in [5, 5.41) is 21.5. The van der Waals surface area contributed by atoms with E-state index in [1.807, 2.05) is 13.8 Å². The minimum absolute atomic E-state index is 0.0324. The second kappa shape index (κ2) is 8.04. The number of hydrogen-bond acceptors (Lipinski definition) is 5. The van der Waals surface area contributed by atoms with Gasteiger partial charge in [0.2, 0.25) is 0 Å². The van der Waals surface area contributed by atoms with Crippen molar-refractivity contribution >= 4 is 17.8 Å². The lowest BCUT2D eigenvalue weighted by molar-refractivity contribution is -0.137. The Morgan fingerprint density at radius 1 is 1.12 bits per heavy atom. The molecule has 0 aliphatic rings.